The van der Waals surface area contributed by atoms with E-state index in [0.717, 1.165) is 0 Å². The third-order valence-electron chi connectivity index (χ3n) is 6.19. The Hall–Kier alpha value is -1.52. The number of esters is 2. The SMILES string of the molecule is COCC1=C2[C@@H](OC(C)=O)C[C@@]3(C)O[C@@]2(OC1=O)[C@H](O)[C@]1(C)CC[C@@]3(O)O1. The smallest absolute Gasteiger partial charge is 0.339 e. The Morgan fingerprint density at radius 3 is 2.63 bits per heavy atom. The molecular weight excluding hydrogens is 360 g/mol. The lowest BCUT2D eigenvalue weighted by Gasteiger charge is -2.51. The predicted molar refractivity (Wildman–Crippen MR) is 87.1 cm³/mol. The minimum absolute atomic E-state index is 0.0345. The fourth-order valence-electron chi connectivity index (χ4n) is 4.85. The van der Waals surface area contributed by atoms with Crippen LogP contribution in [0.3, 0.4) is 0 Å². The Labute approximate surface area is 156 Å². The Morgan fingerprint density at radius 2 is 2.00 bits per heavy atom. The zero-order chi connectivity index (χ0) is 19.8. The topological polar surface area (TPSA) is 121 Å². The van der Waals surface area contributed by atoms with Crippen LogP contribution in [0.5, 0.6) is 0 Å². The first-order chi connectivity index (χ1) is 12.5. The van der Waals surface area contributed by atoms with E-state index in [1.165, 1.54) is 14.0 Å². The van der Waals surface area contributed by atoms with E-state index in [9.17, 15) is 19.8 Å². The summed E-state index contributed by atoms with van der Waals surface area (Å²) in [5, 5.41) is 22.4. The molecule has 150 valence electrons. The van der Waals surface area contributed by atoms with Crippen molar-refractivity contribution < 1.29 is 43.5 Å². The number of carbonyl (C=O) groups is 2. The third kappa shape index (κ3) is 2.29. The molecule has 4 aliphatic rings. The Kier molecular flexibility index (Phi) is 3.84. The summed E-state index contributed by atoms with van der Waals surface area (Å²) in [6.07, 6.45) is -1.78. The second-order valence-electron chi connectivity index (χ2n) is 8.12. The van der Waals surface area contributed by atoms with E-state index in [1.807, 2.05) is 0 Å². The average Bonchev–Trinajstić information content (AvgIpc) is 3.02. The molecule has 6 atom stereocenters. The quantitative estimate of drug-likeness (QED) is 0.644. The van der Waals surface area contributed by atoms with Gasteiger partial charge in [0.15, 0.2) is 11.9 Å². The number of carbonyl (C=O) groups excluding carboxylic acids is 2. The van der Waals surface area contributed by atoms with Gasteiger partial charge in [0.1, 0.15) is 17.3 Å². The average molecular weight is 384 g/mol. The van der Waals surface area contributed by atoms with Crippen molar-refractivity contribution in [2.45, 2.75) is 75.0 Å². The molecule has 4 bridgehead atoms. The summed E-state index contributed by atoms with van der Waals surface area (Å²) in [7, 11) is 1.42. The van der Waals surface area contributed by atoms with Gasteiger partial charge in [-0.1, -0.05) is 0 Å². The highest BCUT2D eigenvalue weighted by Crippen LogP contribution is 2.61. The van der Waals surface area contributed by atoms with Crippen molar-refractivity contribution >= 4 is 11.9 Å². The van der Waals surface area contributed by atoms with Crippen LogP contribution in [0.2, 0.25) is 0 Å². The van der Waals surface area contributed by atoms with Crippen LogP contribution in [0.15, 0.2) is 11.1 Å². The molecule has 3 fully saturated rings. The number of aliphatic hydroxyl groups is 2. The second-order valence-corrected chi connectivity index (χ2v) is 8.12. The molecule has 0 aliphatic carbocycles. The number of hydrogen-bond donors (Lipinski definition) is 2. The van der Waals surface area contributed by atoms with Gasteiger partial charge < -0.3 is 33.9 Å². The molecule has 4 heterocycles. The first-order valence-corrected chi connectivity index (χ1v) is 8.94. The van der Waals surface area contributed by atoms with Crippen molar-refractivity contribution in [2.75, 3.05) is 13.7 Å². The van der Waals surface area contributed by atoms with Gasteiger partial charge in [0, 0.05) is 26.9 Å². The van der Waals surface area contributed by atoms with Gasteiger partial charge >= 0.3 is 11.9 Å². The van der Waals surface area contributed by atoms with E-state index in [1.54, 1.807) is 13.8 Å². The molecule has 0 aromatic rings. The molecule has 0 unspecified atom stereocenters. The summed E-state index contributed by atoms with van der Waals surface area (Å²) in [5.41, 5.74) is -2.24. The van der Waals surface area contributed by atoms with E-state index < -0.39 is 46.9 Å². The van der Waals surface area contributed by atoms with Crippen LogP contribution >= 0.6 is 0 Å². The molecule has 0 radical (unpaired) electrons. The molecule has 3 saturated heterocycles. The highest BCUT2D eigenvalue weighted by molar-refractivity contribution is 5.94. The van der Waals surface area contributed by atoms with Gasteiger partial charge in [-0.2, -0.15) is 0 Å². The fourth-order valence-corrected chi connectivity index (χ4v) is 4.85. The molecule has 1 spiro atoms. The van der Waals surface area contributed by atoms with Crippen LogP contribution in [-0.4, -0.2) is 70.9 Å². The number of methoxy groups -OCH3 is 1. The lowest BCUT2D eigenvalue weighted by atomic mass is 9.73. The van der Waals surface area contributed by atoms with E-state index in [0.29, 0.717) is 6.42 Å². The van der Waals surface area contributed by atoms with Gasteiger partial charge in [-0.15, -0.1) is 0 Å². The first-order valence-electron chi connectivity index (χ1n) is 8.94. The predicted octanol–water partition coefficient (Wildman–Crippen LogP) is -0.0746. The fraction of sp³-hybridized carbons (Fsp3) is 0.778. The van der Waals surface area contributed by atoms with Crippen molar-refractivity contribution in [3.63, 3.8) is 0 Å². The summed E-state index contributed by atoms with van der Waals surface area (Å²) in [4.78, 5) is 24.4. The lowest BCUT2D eigenvalue weighted by Crippen LogP contribution is -2.66. The van der Waals surface area contributed by atoms with Crippen LogP contribution in [0.25, 0.3) is 0 Å². The molecule has 9 heteroatoms. The highest BCUT2D eigenvalue weighted by Gasteiger charge is 2.76. The lowest BCUT2D eigenvalue weighted by molar-refractivity contribution is -0.349. The van der Waals surface area contributed by atoms with Crippen LogP contribution in [0, 0.1) is 0 Å². The molecule has 4 aliphatic heterocycles. The van der Waals surface area contributed by atoms with Crippen LogP contribution < -0.4 is 0 Å². The Morgan fingerprint density at radius 1 is 1.30 bits per heavy atom. The van der Waals surface area contributed by atoms with Crippen molar-refractivity contribution in [1.29, 1.82) is 0 Å². The molecular formula is C18H24O9. The van der Waals surface area contributed by atoms with Gasteiger partial charge in [0.2, 0.25) is 0 Å². The Balaban J connectivity index is 1.95. The van der Waals surface area contributed by atoms with Crippen LogP contribution in [-0.2, 0) is 33.3 Å². The molecule has 0 saturated carbocycles. The number of rotatable bonds is 3. The first kappa shape index (κ1) is 18.8. The highest BCUT2D eigenvalue weighted by atomic mass is 16.8. The molecule has 0 aromatic carbocycles. The van der Waals surface area contributed by atoms with Crippen molar-refractivity contribution in [1.82, 2.24) is 0 Å². The molecule has 9 nitrogen and oxygen atoms in total. The molecule has 2 N–H and O–H groups in total. The Bertz CT molecular complexity index is 747. The largest absolute Gasteiger partial charge is 0.458 e. The van der Waals surface area contributed by atoms with Gasteiger partial charge in [0.05, 0.1) is 17.8 Å². The van der Waals surface area contributed by atoms with Crippen molar-refractivity contribution in [2.24, 2.45) is 0 Å². The van der Waals surface area contributed by atoms with Gasteiger partial charge in [-0.25, -0.2) is 4.79 Å². The number of ether oxygens (including phenoxy) is 5. The van der Waals surface area contributed by atoms with Gasteiger partial charge in [-0.3, -0.25) is 4.79 Å². The van der Waals surface area contributed by atoms with Gasteiger partial charge in [0.25, 0.3) is 5.79 Å². The van der Waals surface area contributed by atoms with E-state index in [4.69, 9.17) is 23.7 Å². The summed E-state index contributed by atoms with van der Waals surface area (Å²) < 4.78 is 28.2. The van der Waals surface area contributed by atoms with Crippen molar-refractivity contribution in [3.05, 3.63) is 11.1 Å². The normalized spacial score (nSPS) is 48.1. The maximum Gasteiger partial charge on any atom is 0.339 e. The maximum absolute atomic E-state index is 12.6. The van der Waals surface area contributed by atoms with E-state index in [2.05, 4.69) is 0 Å². The summed E-state index contributed by atoms with van der Waals surface area (Å²) in [5.74, 6) is -4.94. The minimum atomic E-state index is -1.92. The zero-order valence-corrected chi connectivity index (χ0v) is 15.7. The summed E-state index contributed by atoms with van der Waals surface area (Å²) >= 11 is 0. The molecule has 4 rings (SSSR count). The third-order valence-corrected chi connectivity index (χ3v) is 6.19. The number of aliphatic hydroxyl groups excluding tert-OH is 1. The number of hydrogen-bond acceptors (Lipinski definition) is 9. The zero-order valence-electron chi connectivity index (χ0n) is 15.7. The number of fused-ring (bicyclic) bond motifs is 4. The maximum atomic E-state index is 12.6. The van der Waals surface area contributed by atoms with E-state index >= 15 is 0 Å². The van der Waals surface area contributed by atoms with Crippen LogP contribution in [0.4, 0.5) is 0 Å². The van der Waals surface area contributed by atoms with Crippen LogP contribution in [0.1, 0.15) is 40.0 Å². The standard InChI is InChI=1S/C18H24O9/c1-9(19)24-11-7-16(3)17(22)6-5-15(2,26-17)14(21)18(27-16)12(11)10(8-23-4)13(20)25-18/h11,14,21-22H,5-8H2,1-4H3/t11-,14+,15-,16+,17+,18+/m0/s1. The molecule has 0 amide bonds. The summed E-state index contributed by atoms with van der Waals surface area (Å²) in [6, 6.07) is 0. The molecule has 0 aromatic heterocycles. The van der Waals surface area contributed by atoms with Crippen molar-refractivity contribution in [3.8, 4) is 0 Å². The monoisotopic (exact) mass is 384 g/mol. The summed E-state index contributed by atoms with van der Waals surface area (Å²) in [6.45, 7) is 4.39. The molecule has 27 heavy (non-hydrogen) atoms. The second kappa shape index (κ2) is 5.51. The van der Waals surface area contributed by atoms with E-state index in [-0.39, 0.29) is 30.6 Å². The van der Waals surface area contributed by atoms with Gasteiger partial charge in [-0.05, 0) is 20.3 Å². The minimum Gasteiger partial charge on any atom is -0.458 e.